The van der Waals surface area contributed by atoms with Gasteiger partial charge in [-0.15, -0.1) is 0 Å². The molecule has 2 atom stereocenters. The second kappa shape index (κ2) is 5.71. The van der Waals surface area contributed by atoms with Crippen LogP contribution in [0, 0.1) is 0 Å². The van der Waals surface area contributed by atoms with Gasteiger partial charge in [-0.25, -0.2) is 0 Å². The minimum atomic E-state index is -0.0922. The van der Waals surface area contributed by atoms with Crippen molar-refractivity contribution in [3.05, 3.63) is 28.5 Å². The van der Waals surface area contributed by atoms with Gasteiger partial charge in [0.1, 0.15) is 0 Å². The molecule has 1 aliphatic heterocycles. The van der Waals surface area contributed by atoms with E-state index in [0.29, 0.717) is 6.42 Å². The first kappa shape index (κ1) is 12.7. The lowest BCUT2D eigenvalue weighted by Gasteiger charge is -2.08. The molecular weight excluding hydrogens is 284 g/mol. The average molecular weight is 299 g/mol. The van der Waals surface area contributed by atoms with Crippen molar-refractivity contribution in [1.29, 1.82) is 0 Å². The number of ether oxygens (including phenoxy) is 1. The lowest BCUT2D eigenvalue weighted by Crippen LogP contribution is -2.32. The number of ketones is 1. The van der Waals surface area contributed by atoms with E-state index in [9.17, 15) is 4.79 Å². The molecule has 92 valence electrons. The summed E-state index contributed by atoms with van der Waals surface area (Å²) in [5.41, 5.74) is 0.806. The molecule has 2 unspecified atom stereocenters. The summed E-state index contributed by atoms with van der Waals surface area (Å²) in [5.74, 6) is 0.180. The molecule has 1 saturated heterocycles. The first-order chi connectivity index (χ1) is 8.19. The SMILES string of the molecule is COC1CNC(C(=O)Cc2ccc(Br)cn2)C1. The number of pyridine rings is 1. The summed E-state index contributed by atoms with van der Waals surface area (Å²) < 4.78 is 6.14. The van der Waals surface area contributed by atoms with E-state index in [4.69, 9.17) is 4.74 Å². The Balaban J connectivity index is 1.91. The van der Waals surface area contributed by atoms with Crippen LogP contribution in [0.5, 0.6) is 0 Å². The van der Waals surface area contributed by atoms with E-state index in [1.807, 2.05) is 12.1 Å². The van der Waals surface area contributed by atoms with Crippen molar-refractivity contribution in [1.82, 2.24) is 10.3 Å². The molecule has 4 nitrogen and oxygen atoms in total. The van der Waals surface area contributed by atoms with E-state index in [1.165, 1.54) is 0 Å². The van der Waals surface area contributed by atoms with E-state index in [2.05, 4.69) is 26.2 Å². The Hall–Kier alpha value is -0.780. The van der Waals surface area contributed by atoms with Crippen molar-refractivity contribution in [2.45, 2.75) is 25.0 Å². The summed E-state index contributed by atoms with van der Waals surface area (Å²) in [6.45, 7) is 0.751. The van der Waals surface area contributed by atoms with Crippen LogP contribution in [0.25, 0.3) is 0 Å². The lowest BCUT2D eigenvalue weighted by molar-refractivity contribution is -0.120. The van der Waals surface area contributed by atoms with Gasteiger partial charge in [0, 0.05) is 30.0 Å². The van der Waals surface area contributed by atoms with Gasteiger partial charge in [-0.05, 0) is 34.5 Å². The highest BCUT2D eigenvalue weighted by atomic mass is 79.9. The maximum atomic E-state index is 12.0. The molecule has 1 aliphatic rings. The molecule has 5 heteroatoms. The zero-order valence-electron chi connectivity index (χ0n) is 9.65. The Morgan fingerprint density at radius 3 is 3.06 bits per heavy atom. The highest BCUT2D eigenvalue weighted by Crippen LogP contribution is 2.13. The summed E-state index contributed by atoms with van der Waals surface area (Å²) in [5, 5.41) is 3.18. The monoisotopic (exact) mass is 298 g/mol. The van der Waals surface area contributed by atoms with Crippen molar-refractivity contribution in [2.24, 2.45) is 0 Å². The van der Waals surface area contributed by atoms with Crippen LogP contribution < -0.4 is 5.32 Å². The lowest BCUT2D eigenvalue weighted by atomic mass is 10.1. The minimum absolute atomic E-state index is 0.0922. The number of carbonyl (C=O) groups excluding carboxylic acids is 1. The second-order valence-corrected chi connectivity index (χ2v) is 5.08. The Kier molecular flexibility index (Phi) is 4.25. The number of nitrogens with zero attached hydrogens (tertiary/aromatic N) is 1. The van der Waals surface area contributed by atoms with Crippen LogP contribution in [0.2, 0.25) is 0 Å². The quantitative estimate of drug-likeness (QED) is 0.911. The van der Waals surface area contributed by atoms with Crippen LogP contribution in [0.1, 0.15) is 12.1 Å². The van der Waals surface area contributed by atoms with E-state index in [0.717, 1.165) is 23.1 Å². The van der Waals surface area contributed by atoms with Gasteiger partial charge >= 0.3 is 0 Å². The molecule has 1 aromatic rings. The number of hydrogen-bond donors (Lipinski definition) is 1. The Morgan fingerprint density at radius 2 is 2.47 bits per heavy atom. The first-order valence-electron chi connectivity index (χ1n) is 5.58. The van der Waals surface area contributed by atoms with E-state index < -0.39 is 0 Å². The summed E-state index contributed by atoms with van der Waals surface area (Å²) >= 11 is 3.32. The molecule has 17 heavy (non-hydrogen) atoms. The molecule has 0 aromatic carbocycles. The molecule has 0 bridgehead atoms. The molecular formula is C12H15BrN2O2. The maximum absolute atomic E-state index is 12.0. The number of Topliss-reactive ketones (excluding diaryl/α,β-unsaturated/α-hetero) is 1. The van der Waals surface area contributed by atoms with E-state index in [1.54, 1.807) is 13.3 Å². The molecule has 0 saturated carbocycles. The Morgan fingerprint density at radius 1 is 1.65 bits per heavy atom. The largest absolute Gasteiger partial charge is 0.380 e. The van der Waals surface area contributed by atoms with Crippen molar-refractivity contribution in [3.8, 4) is 0 Å². The highest BCUT2D eigenvalue weighted by molar-refractivity contribution is 9.10. The Labute approximate surface area is 109 Å². The van der Waals surface area contributed by atoms with Gasteiger partial charge in [-0.1, -0.05) is 0 Å². The van der Waals surface area contributed by atoms with E-state index >= 15 is 0 Å². The third kappa shape index (κ3) is 3.34. The molecule has 0 amide bonds. The summed E-state index contributed by atoms with van der Waals surface area (Å²) in [6, 6.07) is 3.67. The van der Waals surface area contributed by atoms with Crippen molar-refractivity contribution in [3.63, 3.8) is 0 Å². The van der Waals surface area contributed by atoms with Crippen LogP contribution in [-0.2, 0) is 16.0 Å². The van der Waals surface area contributed by atoms with Gasteiger partial charge in [0.25, 0.3) is 0 Å². The molecule has 0 spiro atoms. The van der Waals surface area contributed by atoms with Gasteiger partial charge < -0.3 is 10.1 Å². The Bertz CT molecular complexity index is 394. The fourth-order valence-electron chi connectivity index (χ4n) is 1.94. The van der Waals surface area contributed by atoms with Gasteiger partial charge in [0.05, 0.1) is 18.6 Å². The third-order valence-corrected chi connectivity index (χ3v) is 3.43. The molecule has 0 radical (unpaired) electrons. The van der Waals surface area contributed by atoms with Crippen LogP contribution in [0.3, 0.4) is 0 Å². The van der Waals surface area contributed by atoms with Crippen LogP contribution in [0.4, 0.5) is 0 Å². The van der Waals surface area contributed by atoms with Crippen molar-refractivity contribution < 1.29 is 9.53 Å². The normalized spacial score (nSPS) is 23.9. The number of methoxy groups -OCH3 is 1. The number of halogens is 1. The van der Waals surface area contributed by atoms with Gasteiger partial charge in [-0.3, -0.25) is 9.78 Å². The first-order valence-corrected chi connectivity index (χ1v) is 6.37. The van der Waals surface area contributed by atoms with E-state index in [-0.39, 0.29) is 17.9 Å². The fraction of sp³-hybridized carbons (Fsp3) is 0.500. The maximum Gasteiger partial charge on any atom is 0.155 e. The smallest absolute Gasteiger partial charge is 0.155 e. The van der Waals surface area contributed by atoms with Gasteiger partial charge in [0.2, 0.25) is 0 Å². The molecule has 1 fully saturated rings. The molecule has 2 heterocycles. The van der Waals surface area contributed by atoms with Gasteiger partial charge in [0.15, 0.2) is 5.78 Å². The van der Waals surface area contributed by atoms with Crippen molar-refractivity contribution in [2.75, 3.05) is 13.7 Å². The second-order valence-electron chi connectivity index (χ2n) is 4.17. The predicted octanol–water partition coefficient (Wildman–Crippen LogP) is 1.33. The standard InChI is InChI=1S/C12H15BrN2O2/c1-17-10-5-11(15-7-10)12(16)4-9-3-2-8(13)6-14-9/h2-3,6,10-11,15H,4-5,7H2,1H3. The number of rotatable bonds is 4. The van der Waals surface area contributed by atoms with Crippen LogP contribution in [0.15, 0.2) is 22.8 Å². The molecule has 0 aliphatic carbocycles. The summed E-state index contributed by atoms with van der Waals surface area (Å²) in [6.07, 6.45) is 3.00. The fourth-order valence-corrected chi connectivity index (χ4v) is 2.18. The third-order valence-electron chi connectivity index (χ3n) is 2.96. The number of hydrogen-bond acceptors (Lipinski definition) is 4. The number of nitrogens with one attached hydrogen (secondary N) is 1. The van der Waals surface area contributed by atoms with Crippen LogP contribution >= 0.6 is 15.9 Å². The van der Waals surface area contributed by atoms with Gasteiger partial charge in [-0.2, -0.15) is 0 Å². The molecule has 1 N–H and O–H groups in total. The summed E-state index contributed by atoms with van der Waals surface area (Å²) in [4.78, 5) is 16.2. The summed E-state index contributed by atoms with van der Waals surface area (Å²) in [7, 11) is 1.68. The highest BCUT2D eigenvalue weighted by Gasteiger charge is 2.29. The average Bonchev–Trinajstić information content (AvgIpc) is 2.81. The molecule has 2 rings (SSSR count). The topological polar surface area (TPSA) is 51.2 Å². The zero-order valence-corrected chi connectivity index (χ0v) is 11.2. The van der Waals surface area contributed by atoms with Crippen molar-refractivity contribution >= 4 is 21.7 Å². The van der Waals surface area contributed by atoms with Crippen LogP contribution in [-0.4, -0.2) is 36.6 Å². The predicted molar refractivity (Wildman–Crippen MR) is 67.9 cm³/mol. The zero-order chi connectivity index (χ0) is 12.3. The number of carbonyl (C=O) groups is 1. The number of aromatic nitrogens is 1. The minimum Gasteiger partial charge on any atom is -0.380 e. The molecule has 1 aromatic heterocycles.